The van der Waals surface area contributed by atoms with Crippen LogP contribution in [0.2, 0.25) is 0 Å². The molecule has 0 unspecified atom stereocenters. The lowest BCUT2D eigenvalue weighted by molar-refractivity contribution is -0.120. The molecular formula is C4H3N3O2. The number of rotatable bonds is 2. The molecule has 0 rings (SSSR count). The summed E-state index contributed by atoms with van der Waals surface area (Å²) in [5.74, 6) is -0.979. The van der Waals surface area contributed by atoms with Gasteiger partial charge in [-0.15, -0.1) is 0 Å². The molecule has 0 aromatic carbocycles. The molecule has 0 radical (unpaired) electrons. The predicted molar refractivity (Wildman–Crippen MR) is 27.5 cm³/mol. The van der Waals surface area contributed by atoms with Gasteiger partial charge in [-0.05, 0) is 0 Å². The molecule has 2 amide bonds. The Kier molecular flexibility index (Phi) is 2.69. The molecule has 0 heterocycles. The van der Waals surface area contributed by atoms with Crippen LogP contribution >= 0.6 is 0 Å². The number of nitriles is 1. The zero-order chi connectivity index (χ0) is 7.28. The van der Waals surface area contributed by atoms with Gasteiger partial charge in [-0.2, -0.15) is 5.26 Å². The van der Waals surface area contributed by atoms with E-state index < -0.39 is 11.6 Å². The van der Waals surface area contributed by atoms with Crippen LogP contribution in [0, 0.1) is 16.7 Å². The monoisotopic (exact) mass is 125 g/mol. The Morgan fingerprint density at radius 3 is 2.67 bits per heavy atom. The number of hydrogen-bond acceptors (Lipinski definition) is 4. The van der Waals surface area contributed by atoms with Crippen LogP contribution in [-0.4, -0.2) is 18.0 Å². The summed E-state index contributed by atoms with van der Waals surface area (Å²) in [5, 5.41) is 16.0. The maximum Gasteiger partial charge on any atom is 0.286 e. The van der Waals surface area contributed by atoms with Gasteiger partial charge in [0.15, 0.2) is 5.71 Å². The van der Waals surface area contributed by atoms with E-state index in [0.29, 0.717) is 0 Å². The quantitative estimate of drug-likeness (QED) is 0.358. The highest BCUT2D eigenvalue weighted by molar-refractivity contribution is 6.45. The van der Waals surface area contributed by atoms with Crippen LogP contribution in [0.4, 0.5) is 0 Å². The van der Waals surface area contributed by atoms with E-state index in [0.717, 1.165) is 0 Å². The number of nitrogens with zero attached hydrogens (tertiary/aromatic N) is 1. The number of nitrogens with one attached hydrogen (secondary N) is 2. The second-order valence-electron chi connectivity index (χ2n) is 1.08. The first-order valence-corrected chi connectivity index (χ1v) is 1.95. The number of amides is 2. The van der Waals surface area contributed by atoms with E-state index in [2.05, 4.69) is 0 Å². The molecule has 0 atom stereocenters. The average Bonchev–Trinajstić information content (AvgIpc) is 1.87. The van der Waals surface area contributed by atoms with Crippen LogP contribution in [0.3, 0.4) is 0 Å². The molecule has 0 aliphatic rings. The van der Waals surface area contributed by atoms with Crippen molar-refractivity contribution in [2.45, 2.75) is 0 Å². The first kappa shape index (κ1) is 7.30. The van der Waals surface area contributed by atoms with Gasteiger partial charge in [-0.25, -0.2) is 0 Å². The third-order valence-electron chi connectivity index (χ3n) is 0.529. The van der Waals surface area contributed by atoms with Gasteiger partial charge in [0.2, 0.25) is 6.41 Å². The lowest BCUT2D eigenvalue weighted by Crippen LogP contribution is -2.27. The van der Waals surface area contributed by atoms with E-state index in [1.165, 1.54) is 6.07 Å². The first-order chi connectivity index (χ1) is 4.22. The minimum absolute atomic E-state index is 0.119. The summed E-state index contributed by atoms with van der Waals surface area (Å²) in [7, 11) is 0. The molecule has 0 bridgehead atoms. The third kappa shape index (κ3) is 2.19. The van der Waals surface area contributed by atoms with Crippen molar-refractivity contribution in [2.24, 2.45) is 0 Å². The molecule has 0 fully saturated rings. The lowest BCUT2D eigenvalue weighted by Gasteiger charge is -1.86. The Bertz CT molecular complexity index is 190. The van der Waals surface area contributed by atoms with E-state index in [9.17, 15) is 9.59 Å². The van der Waals surface area contributed by atoms with Crippen LogP contribution in [0.5, 0.6) is 0 Å². The molecule has 0 spiro atoms. The molecule has 0 saturated carbocycles. The van der Waals surface area contributed by atoms with Crippen molar-refractivity contribution >= 4 is 18.0 Å². The summed E-state index contributed by atoms with van der Waals surface area (Å²) in [5.41, 5.74) is -0.776. The molecule has 5 nitrogen and oxygen atoms in total. The Balaban J connectivity index is 3.92. The highest BCUT2D eigenvalue weighted by Crippen LogP contribution is 1.66. The van der Waals surface area contributed by atoms with E-state index in [-0.39, 0.29) is 6.41 Å². The molecule has 9 heavy (non-hydrogen) atoms. The topological polar surface area (TPSA) is 93.8 Å². The summed E-state index contributed by atoms with van der Waals surface area (Å²) < 4.78 is 0. The minimum Gasteiger partial charge on any atom is -0.293 e. The molecule has 0 saturated heterocycles. The molecule has 0 aliphatic heterocycles. The molecule has 2 N–H and O–H groups in total. The number of hydrogen-bond donors (Lipinski definition) is 2. The normalized spacial score (nSPS) is 7.00. The van der Waals surface area contributed by atoms with Crippen molar-refractivity contribution in [1.29, 1.82) is 10.7 Å². The van der Waals surface area contributed by atoms with E-state index >= 15 is 0 Å². The number of imide groups is 1. The van der Waals surface area contributed by atoms with Crippen molar-refractivity contribution in [3.63, 3.8) is 0 Å². The maximum absolute atomic E-state index is 10.2. The molecule has 5 heteroatoms. The van der Waals surface area contributed by atoms with Crippen LogP contribution in [0.15, 0.2) is 0 Å². The summed E-state index contributed by atoms with van der Waals surface area (Å²) in [6, 6.07) is 1.26. The van der Waals surface area contributed by atoms with Gasteiger partial charge in [0, 0.05) is 0 Å². The Hall–Kier alpha value is -1.70. The van der Waals surface area contributed by atoms with Crippen molar-refractivity contribution in [2.75, 3.05) is 0 Å². The zero-order valence-corrected chi connectivity index (χ0v) is 4.34. The van der Waals surface area contributed by atoms with Crippen LogP contribution in [0.25, 0.3) is 0 Å². The Morgan fingerprint density at radius 2 is 2.33 bits per heavy atom. The van der Waals surface area contributed by atoms with Gasteiger partial charge >= 0.3 is 0 Å². The van der Waals surface area contributed by atoms with Crippen LogP contribution in [-0.2, 0) is 9.59 Å². The molecular weight excluding hydrogens is 122 g/mol. The Labute approximate surface area is 50.8 Å². The van der Waals surface area contributed by atoms with Crippen molar-refractivity contribution in [3.05, 3.63) is 0 Å². The third-order valence-corrected chi connectivity index (χ3v) is 0.529. The summed E-state index contributed by atoms with van der Waals surface area (Å²) in [6.07, 6.45) is 0.119. The van der Waals surface area contributed by atoms with Gasteiger partial charge in [-0.1, -0.05) is 0 Å². The molecule has 0 aromatic rings. The zero-order valence-electron chi connectivity index (χ0n) is 4.34. The second-order valence-corrected chi connectivity index (χ2v) is 1.08. The standard InChI is InChI=1S/C4H3N3O2/c5-1-3(6)4(9)7-2-8/h2,6H,(H,7,8,9). The SMILES string of the molecule is N#CC(=N)C(=O)NC=O. The number of carbonyl (C=O) groups is 2. The fraction of sp³-hybridized carbons (Fsp3) is 0. The predicted octanol–water partition coefficient (Wildman–Crippen LogP) is -1.20. The van der Waals surface area contributed by atoms with Gasteiger partial charge in [0.1, 0.15) is 6.07 Å². The molecule has 0 aliphatic carbocycles. The fourth-order valence-electron chi connectivity index (χ4n) is 0.176. The van der Waals surface area contributed by atoms with Crippen molar-refractivity contribution < 1.29 is 9.59 Å². The average molecular weight is 125 g/mol. The summed E-state index contributed by atoms with van der Waals surface area (Å²) in [6.45, 7) is 0. The van der Waals surface area contributed by atoms with E-state index in [1.807, 2.05) is 0 Å². The lowest BCUT2D eigenvalue weighted by atomic mass is 10.4. The summed E-state index contributed by atoms with van der Waals surface area (Å²) in [4.78, 5) is 19.7. The van der Waals surface area contributed by atoms with Crippen molar-refractivity contribution in [1.82, 2.24) is 5.32 Å². The van der Waals surface area contributed by atoms with Gasteiger partial charge in [0.05, 0.1) is 0 Å². The second kappa shape index (κ2) is 3.32. The van der Waals surface area contributed by atoms with E-state index in [4.69, 9.17) is 10.7 Å². The molecule has 0 aromatic heterocycles. The smallest absolute Gasteiger partial charge is 0.286 e. The van der Waals surface area contributed by atoms with Crippen LogP contribution < -0.4 is 5.32 Å². The minimum atomic E-state index is -0.979. The Morgan fingerprint density at radius 1 is 1.78 bits per heavy atom. The number of carbonyl (C=O) groups excluding carboxylic acids is 2. The fourth-order valence-corrected chi connectivity index (χ4v) is 0.176. The van der Waals surface area contributed by atoms with Gasteiger partial charge in [0.25, 0.3) is 5.91 Å². The maximum atomic E-state index is 10.2. The van der Waals surface area contributed by atoms with Crippen LogP contribution in [0.1, 0.15) is 0 Å². The van der Waals surface area contributed by atoms with Gasteiger partial charge in [-0.3, -0.25) is 20.3 Å². The first-order valence-electron chi connectivity index (χ1n) is 1.95. The highest BCUT2D eigenvalue weighted by atomic mass is 16.2. The molecule has 46 valence electrons. The van der Waals surface area contributed by atoms with E-state index in [1.54, 1.807) is 5.32 Å². The highest BCUT2D eigenvalue weighted by Gasteiger charge is 2.04. The summed E-state index contributed by atoms with van der Waals surface area (Å²) >= 11 is 0. The largest absolute Gasteiger partial charge is 0.293 e. The van der Waals surface area contributed by atoms with Gasteiger partial charge < -0.3 is 0 Å². The van der Waals surface area contributed by atoms with Crippen molar-refractivity contribution in [3.8, 4) is 6.07 Å².